The topological polar surface area (TPSA) is 64.4 Å². The van der Waals surface area contributed by atoms with E-state index in [4.69, 9.17) is 9.26 Å². The number of rotatable bonds is 5. The Morgan fingerprint density at radius 3 is 2.42 bits per heavy atom. The van der Waals surface area contributed by atoms with Gasteiger partial charge in [0.25, 0.3) is 0 Å². The molecule has 6 rings (SSSR count). The van der Waals surface area contributed by atoms with E-state index >= 15 is 0 Å². The van der Waals surface area contributed by atoms with E-state index in [1.807, 2.05) is 50.2 Å². The average molecular weight is 479 g/mol. The molecule has 1 amide bonds. The highest BCUT2D eigenvalue weighted by atomic mass is 16.6. The number of aryl methyl sites for hydroxylation is 3. The highest BCUT2D eigenvalue weighted by Crippen LogP contribution is 2.49. The van der Waals surface area contributed by atoms with E-state index in [-0.39, 0.29) is 6.10 Å². The van der Waals surface area contributed by atoms with Gasteiger partial charge in [-0.1, -0.05) is 72.7 Å². The third-order valence-electron chi connectivity index (χ3n) is 7.77. The van der Waals surface area contributed by atoms with Crippen LogP contribution in [0.2, 0.25) is 0 Å². The molecule has 3 aromatic carbocycles. The summed E-state index contributed by atoms with van der Waals surface area (Å²) in [7, 11) is 0. The van der Waals surface area contributed by atoms with E-state index < -0.39 is 6.09 Å². The van der Waals surface area contributed by atoms with Crippen molar-refractivity contribution in [1.82, 2.24) is 5.16 Å². The minimum atomic E-state index is -0.536. The normalized spacial score (nSPS) is 16.0. The molecule has 1 fully saturated rings. The number of nitrogens with one attached hydrogen (secondary N) is 1. The number of fused-ring (bicyclic) bond motifs is 3. The maximum Gasteiger partial charge on any atom is 0.412 e. The maximum atomic E-state index is 12.7. The van der Waals surface area contributed by atoms with Crippen molar-refractivity contribution in [2.45, 2.75) is 58.0 Å². The number of amides is 1. The van der Waals surface area contributed by atoms with E-state index in [2.05, 4.69) is 47.7 Å². The summed E-state index contributed by atoms with van der Waals surface area (Å²) < 4.78 is 11.3. The van der Waals surface area contributed by atoms with Crippen LogP contribution in [0.3, 0.4) is 0 Å². The van der Waals surface area contributed by atoms with E-state index in [9.17, 15) is 4.79 Å². The van der Waals surface area contributed by atoms with Gasteiger partial charge in [0, 0.05) is 5.56 Å². The molecule has 5 heteroatoms. The Morgan fingerprint density at radius 2 is 1.69 bits per heavy atom. The number of ether oxygens (including phenoxy) is 1. The van der Waals surface area contributed by atoms with E-state index in [1.165, 1.54) is 40.7 Å². The third-order valence-corrected chi connectivity index (χ3v) is 7.77. The summed E-state index contributed by atoms with van der Waals surface area (Å²) in [6.07, 6.45) is 3.67. The molecule has 4 aromatic rings. The van der Waals surface area contributed by atoms with Gasteiger partial charge in [0.05, 0.1) is 0 Å². The van der Waals surface area contributed by atoms with Gasteiger partial charge in [-0.25, -0.2) is 4.79 Å². The monoisotopic (exact) mass is 478 g/mol. The van der Waals surface area contributed by atoms with Gasteiger partial charge >= 0.3 is 6.09 Å². The lowest BCUT2D eigenvalue weighted by Gasteiger charge is -2.22. The highest BCUT2D eigenvalue weighted by molar-refractivity contribution is 5.91. The van der Waals surface area contributed by atoms with Crippen LogP contribution in [0.5, 0.6) is 0 Å². The van der Waals surface area contributed by atoms with Crippen molar-refractivity contribution < 1.29 is 14.1 Å². The molecule has 1 aromatic heterocycles. The molecule has 2 aliphatic rings. The van der Waals surface area contributed by atoms with Crippen molar-refractivity contribution in [2.24, 2.45) is 0 Å². The number of hydrogen-bond acceptors (Lipinski definition) is 4. The summed E-state index contributed by atoms with van der Waals surface area (Å²) in [5.41, 5.74) is 10.2. The van der Waals surface area contributed by atoms with Gasteiger partial charge in [-0.2, -0.15) is 0 Å². The Kier molecular flexibility index (Phi) is 5.44. The minimum Gasteiger partial charge on any atom is -0.441 e. The quantitative estimate of drug-likeness (QED) is 0.318. The van der Waals surface area contributed by atoms with Crippen molar-refractivity contribution in [3.63, 3.8) is 0 Å². The summed E-state index contributed by atoms with van der Waals surface area (Å²) in [4.78, 5) is 12.7. The lowest BCUT2D eigenvalue weighted by Crippen LogP contribution is -2.16. The third kappa shape index (κ3) is 4.09. The minimum absolute atomic E-state index is 0.373. The second-order valence-corrected chi connectivity index (χ2v) is 10.4. The van der Waals surface area contributed by atoms with Crippen LogP contribution < -0.4 is 5.32 Å². The fourth-order valence-electron chi connectivity index (χ4n) is 5.19. The second-order valence-electron chi connectivity index (χ2n) is 10.4. The summed E-state index contributed by atoms with van der Waals surface area (Å²) in [6, 6.07) is 23.1. The lowest BCUT2D eigenvalue weighted by molar-refractivity contribution is 0.121. The van der Waals surface area contributed by atoms with Gasteiger partial charge in [-0.15, -0.1) is 0 Å². The Hall–Kier alpha value is -3.86. The molecule has 0 spiro atoms. The number of carbonyl (C=O) groups is 1. The first-order chi connectivity index (χ1) is 17.4. The average Bonchev–Trinajstić information content (AvgIpc) is 3.56. The molecule has 0 unspecified atom stereocenters. The molecule has 182 valence electrons. The van der Waals surface area contributed by atoms with Gasteiger partial charge < -0.3 is 9.26 Å². The van der Waals surface area contributed by atoms with Gasteiger partial charge in [0.2, 0.25) is 0 Å². The van der Waals surface area contributed by atoms with Crippen LogP contribution in [0.4, 0.5) is 10.5 Å². The van der Waals surface area contributed by atoms with Crippen LogP contribution in [0.25, 0.3) is 22.5 Å². The highest BCUT2D eigenvalue weighted by Gasteiger charge is 2.39. The van der Waals surface area contributed by atoms with Crippen LogP contribution in [0, 0.1) is 6.92 Å². The summed E-state index contributed by atoms with van der Waals surface area (Å²) >= 11 is 0. The summed E-state index contributed by atoms with van der Waals surface area (Å²) in [5, 5.41) is 6.99. The molecule has 0 bridgehead atoms. The maximum absolute atomic E-state index is 12.7. The first-order valence-corrected chi connectivity index (χ1v) is 12.7. The van der Waals surface area contributed by atoms with Crippen LogP contribution in [-0.4, -0.2) is 11.2 Å². The summed E-state index contributed by atoms with van der Waals surface area (Å²) in [6.45, 7) is 6.03. The predicted molar refractivity (Wildman–Crippen MR) is 141 cm³/mol. The zero-order chi connectivity index (χ0) is 24.9. The zero-order valence-corrected chi connectivity index (χ0v) is 20.9. The van der Waals surface area contributed by atoms with Crippen molar-refractivity contribution in [2.75, 3.05) is 5.32 Å². The fraction of sp³-hybridized carbons (Fsp3) is 0.290. The van der Waals surface area contributed by atoms with E-state index in [0.717, 1.165) is 24.0 Å². The number of aromatic nitrogens is 1. The number of benzene rings is 3. The molecular weight excluding hydrogens is 448 g/mol. The number of nitrogens with zero attached hydrogens (tertiary/aromatic N) is 1. The van der Waals surface area contributed by atoms with Crippen LogP contribution in [0.15, 0.2) is 71.3 Å². The molecule has 5 nitrogen and oxygen atoms in total. The Morgan fingerprint density at radius 1 is 1.00 bits per heavy atom. The van der Waals surface area contributed by atoms with Gasteiger partial charge in [-0.05, 0) is 84.4 Å². The Labute approximate surface area is 211 Å². The molecule has 1 atom stereocenters. The molecule has 0 aliphatic heterocycles. The number of carbonyl (C=O) groups excluding carboxylic acids is 1. The largest absolute Gasteiger partial charge is 0.441 e. The Balaban J connectivity index is 1.24. The summed E-state index contributed by atoms with van der Waals surface area (Å²) in [5.74, 6) is 0.544. The van der Waals surface area contributed by atoms with E-state index in [1.54, 1.807) is 0 Å². The van der Waals surface area contributed by atoms with Crippen LogP contribution >= 0.6 is 0 Å². The molecule has 36 heavy (non-hydrogen) atoms. The van der Waals surface area contributed by atoms with Crippen molar-refractivity contribution >= 4 is 11.8 Å². The molecule has 1 heterocycles. The lowest BCUT2D eigenvalue weighted by atomic mass is 9.82. The molecule has 0 saturated heterocycles. The Bertz CT molecular complexity index is 1450. The standard InChI is InChI=1S/C31H30N2O3/c1-19-28(32-30(34)35-20(2)21-7-5-4-6-8-21)29(36-33-19)24-11-13-26-22(17-24)9-10-23-18-25(12-14-27(23)26)31(3)15-16-31/h4-8,11-14,17-18,20H,9-10,15-16H2,1-3H3,(H,32,34)/t20-/m1/s1. The zero-order valence-electron chi connectivity index (χ0n) is 20.9. The molecule has 0 radical (unpaired) electrons. The predicted octanol–water partition coefficient (Wildman–Crippen LogP) is 7.78. The SMILES string of the molecule is Cc1noc(-c2ccc3c(c2)CCc2cc(C4(C)CC4)ccc2-3)c1NC(=O)O[C@H](C)c1ccccc1. The van der Waals surface area contributed by atoms with Gasteiger partial charge in [-0.3, -0.25) is 5.32 Å². The smallest absolute Gasteiger partial charge is 0.412 e. The molecule has 1 saturated carbocycles. The van der Waals surface area contributed by atoms with Crippen LogP contribution in [0.1, 0.15) is 60.7 Å². The van der Waals surface area contributed by atoms with Crippen molar-refractivity contribution in [3.8, 4) is 22.5 Å². The molecule has 1 N–H and O–H groups in total. The number of anilines is 1. The molecular formula is C31H30N2O3. The van der Waals surface area contributed by atoms with Gasteiger partial charge in [0.1, 0.15) is 17.5 Å². The van der Waals surface area contributed by atoms with Gasteiger partial charge in [0.15, 0.2) is 5.76 Å². The second kappa shape index (κ2) is 8.66. The van der Waals surface area contributed by atoms with Crippen molar-refractivity contribution in [1.29, 1.82) is 0 Å². The molecule has 2 aliphatic carbocycles. The van der Waals surface area contributed by atoms with E-state index in [0.29, 0.717) is 22.6 Å². The van der Waals surface area contributed by atoms with Crippen LogP contribution in [-0.2, 0) is 23.0 Å². The first-order valence-electron chi connectivity index (χ1n) is 12.7. The fourth-order valence-corrected chi connectivity index (χ4v) is 5.19. The van der Waals surface area contributed by atoms with Crippen molar-refractivity contribution in [3.05, 3.63) is 94.7 Å². The first kappa shape index (κ1) is 22.6. The number of hydrogen-bond donors (Lipinski definition) is 1.